The number of nitrogens with zero attached hydrogens (tertiary/aromatic N) is 4. The molecule has 4 rings (SSSR count). The molecule has 6 nitrogen and oxygen atoms in total. The SMILES string of the molecule is N#CC(=Cc1cn(-c2ccccc2)nc1-c1ccncc1)S(=O)(=O)c1ccc(Br)cc1. The lowest BCUT2D eigenvalue weighted by Gasteiger charge is -2.04. The number of aromatic nitrogens is 3. The molecule has 31 heavy (non-hydrogen) atoms. The standard InChI is InChI=1S/C23H15BrN4O2S/c24-19-6-8-21(9-7-19)31(29,30)22(15-25)14-18-16-28(20-4-2-1-3-5-20)27-23(18)17-10-12-26-13-11-17/h1-14,16H. The molecule has 0 radical (unpaired) electrons. The summed E-state index contributed by atoms with van der Waals surface area (Å²) in [6.45, 7) is 0. The van der Waals surface area contributed by atoms with E-state index < -0.39 is 9.84 Å². The molecule has 0 fully saturated rings. The highest BCUT2D eigenvalue weighted by Gasteiger charge is 2.22. The van der Waals surface area contributed by atoms with Crippen LogP contribution in [0.4, 0.5) is 0 Å². The Bertz CT molecular complexity index is 1390. The second kappa shape index (κ2) is 8.68. The minimum atomic E-state index is -3.99. The number of allylic oxidation sites excluding steroid dienone is 1. The second-order valence-electron chi connectivity index (χ2n) is 6.53. The van der Waals surface area contributed by atoms with Crippen molar-refractivity contribution in [2.24, 2.45) is 0 Å². The van der Waals surface area contributed by atoms with Crippen LogP contribution in [0.5, 0.6) is 0 Å². The Balaban J connectivity index is 1.87. The Labute approximate surface area is 188 Å². The normalized spacial score (nSPS) is 11.8. The van der Waals surface area contributed by atoms with Crippen LogP contribution in [-0.2, 0) is 9.84 Å². The number of nitriles is 1. The number of hydrogen-bond donors (Lipinski definition) is 0. The van der Waals surface area contributed by atoms with Crippen molar-refractivity contribution in [2.45, 2.75) is 4.90 Å². The summed E-state index contributed by atoms with van der Waals surface area (Å²) in [7, 11) is -3.99. The number of para-hydroxylation sites is 1. The lowest BCUT2D eigenvalue weighted by atomic mass is 10.1. The maximum atomic E-state index is 13.1. The van der Waals surface area contributed by atoms with Crippen LogP contribution in [0.1, 0.15) is 5.56 Å². The number of sulfone groups is 1. The molecule has 0 aliphatic carbocycles. The third-order valence-electron chi connectivity index (χ3n) is 4.53. The van der Waals surface area contributed by atoms with E-state index in [9.17, 15) is 13.7 Å². The molecule has 0 aliphatic heterocycles. The van der Waals surface area contributed by atoms with Gasteiger partial charge in [0.15, 0.2) is 0 Å². The molecule has 0 saturated heterocycles. The van der Waals surface area contributed by atoms with Crippen molar-refractivity contribution in [3.8, 4) is 23.0 Å². The first-order valence-corrected chi connectivity index (χ1v) is 11.4. The smallest absolute Gasteiger partial charge is 0.216 e. The predicted molar refractivity (Wildman–Crippen MR) is 122 cm³/mol. The monoisotopic (exact) mass is 490 g/mol. The lowest BCUT2D eigenvalue weighted by molar-refractivity contribution is 0.603. The Morgan fingerprint density at radius 2 is 1.68 bits per heavy atom. The summed E-state index contributed by atoms with van der Waals surface area (Å²) in [6.07, 6.45) is 6.33. The number of benzene rings is 2. The fourth-order valence-corrected chi connectivity index (χ4v) is 4.41. The molecule has 0 unspecified atom stereocenters. The number of hydrogen-bond acceptors (Lipinski definition) is 5. The van der Waals surface area contributed by atoms with E-state index in [0.717, 1.165) is 15.7 Å². The van der Waals surface area contributed by atoms with Gasteiger partial charge in [-0.25, -0.2) is 13.1 Å². The highest BCUT2D eigenvalue weighted by Crippen LogP contribution is 2.28. The highest BCUT2D eigenvalue weighted by molar-refractivity contribution is 9.10. The van der Waals surface area contributed by atoms with E-state index in [1.807, 2.05) is 36.4 Å². The average molecular weight is 491 g/mol. The van der Waals surface area contributed by atoms with Crippen molar-refractivity contribution in [3.05, 3.63) is 100 Å². The molecule has 8 heteroatoms. The van der Waals surface area contributed by atoms with E-state index in [-0.39, 0.29) is 9.80 Å². The van der Waals surface area contributed by atoms with E-state index in [2.05, 4.69) is 26.0 Å². The van der Waals surface area contributed by atoms with Crippen molar-refractivity contribution < 1.29 is 8.42 Å². The topological polar surface area (TPSA) is 88.6 Å². The zero-order chi connectivity index (χ0) is 21.8. The van der Waals surface area contributed by atoms with Crippen LogP contribution in [0.25, 0.3) is 23.0 Å². The van der Waals surface area contributed by atoms with Crippen molar-refractivity contribution in [1.82, 2.24) is 14.8 Å². The van der Waals surface area contributed by atoms with Gasteiger partial charge in [0.05, 0.1) is 10.6 Å². The summed E-state index contributed by atoms with van der Waals surface area (Å²) >= 11 is 3.29. The lowest BCUT2D eigenvalue weighted by Crippen LogP contribution is -2.03. The van der Waals surface area contributed by atoms with Gasteiger partial charge in [-0.3, -0.25) is 4.98 Å². The summed E-state index contributed by atoms with van der Waals surface area (Å²) in [5, 5.41) is 14.3. The average Bonchev–Trinajstić information content (AvgIpc) is 3.23. The zero-order valence-corrected chi connectivity index (χ0v) is 18.5. The second-order valence-corrected chi connectivity index (χ2v) is 9.36. The fraction of sp³-hybridized carbons (Fsp3) is 0. The molecule has 2 aromatic heterocycles. The summed E-state index contributed by atoms with van der Waals surface area (Å²) in [5.74, 6) is 0. The van der Waals surface area contributed by atoms with Crippen molar-refractivity contribution in [1.29, 1.82) is 5.26 Å². The molecule has 2 heterocycles. The Morgan fingerprint density at radius 3 is 2.32 bits per heavy atom. The van der Waals surface area contributed by atoms with Gasteiger partial charge in [0.1, 0.15) is 16.7 Å². The Kier molecular flexibility index (Phi) is 5.80. The maximum absolute atomic E-state index is 13.1. The maximum Gasteiger partial charge on any atom is 0.216 e. The van der Waals surface area contributed by atoms with E-state index in [0.29, 0.717) is 11.3 Å². The first kappa shape index (κ1) is 20.7. The van der Waals surface area contributed by atoms with Gasteiger partial charge in [-0.05, 0) is 54.6 Å². The molecule has 0 saturated carbocycles. The molecule has 0 N–H and O–H groups in total. The van der Waals surface area contributed by atoms with Gasteiger partial charge in [-0.1, -0.05) is 34.1 Å². The third kappa shape index (κ3) is 4.33. The number of rotatable bonds is 5. The molecule has 2 aromatic carbocycles. The van der Waals surface area contributed by atoms with E-state index in [1.165, 1.54) is 18.2 Å². The molecule has 152 valence electrons. The molecular formula is C23H15BrN4O2S. The van der Waals surface area contributed by atoms with Gasteiger partial charge in [-0.2, -0.15) is 10.4 Å². The Morgan fingerprint density at radius 1 is 1.00 bits per heavy atom. The first-order chi connectivity index (χ1) is 15.0. The van der Waals surface area contributed by atoms with Crippen LogP contribution < -0.4 is 0 Å². The van der Waals surface area contributed by atoms with Gasteiger partial charge in [0, 0.05) is 34.2 Å². The van der Waals surface area contributed by atoms with Gasteiger partial charge < -0.3 is 0 Å². The quantitative estimate of drug-likeness (QED) is 0.365. The molecule has 0 aliphatic rings. The van der Waals surface area contributed by atoms with Crippen LogP contribution in [0.2, 0.25) is 0 Å². The predicted octanol–water partition coefficient (Wildman–Crippen LogP) is 5.04. The summed E-state index contributed by atoms with van der Waals surface area (Å²) < 4.78 is 28.5. The number of pyridine rings is 1. The van der Waals surface area contributed by atoms with E-state index in [4.69, 9.17) is 0 Å². The number of halogens is 1. The van der Waals surface area contributed by atoms with E-state index in [1.54, 1.807) is 47.5 Å². The molecule has 0 bridgehead atoms. The molecular weight excluding hydrogens is 476 g/mol. The summed E-state index contributed by atoms with van der Waals surface area (Å²) in [6, 6.07) is 21.0. The largest absolute Gasteiger partial charge is 0.265 e. The van der Waals surface area contributed by atoms with Gasteiger partial charge in [0.2, 0.25) is 9.84 Å². The van der Waals surface area contributed by atoms with Crippen LogP contribution in [0.15, 0.2) is 99.6 Å². The minimum absolute atomic E-state index is 0.0458. The Hall–Kier alpha value is -3.54. The summed E-state index contributed by atoms with van der Waals surface area (Å²) in [4.78, 5) is 3.71. The van der Waals surface area contributed by atoms with Crippen LogP contribution in [0.3, 0.4) is 0 Å². The van der Waals surface area contributed by atoms with Crippen LogP contribution in [-0.4, -0.2) is 23.2 Å². The molecule has 0 spiro atoms. The van der Waals surface area contributed by atoms with Gasteiger partial charge in [0.25, 0.3) is 0 Å². The van der Waals surface area contributed by atoms with Gasteiger partial charge >= 0.3 is 0 Å². The third-order valence-corrected chi connectivity index (χ3v) is 6.74. The van der Waals surface area contributed by atoms with Crippen molar-refractivity contribution in [2.75, 3.05) is 0 Å². The zero-order valence-electron chi connectivity index (χ0n) is 16.1. The molecule has 4 aromatic rings. The first-order valence-electron chi connectivity index (χ1n) is 9.17. The molecule has 0 atom stereocenters. The highest BCUT2D eigenvalue weighted by atomic mass is 79.9. The van der Waals surface area contributed by atoms with Crippen molar-refractivity contribution >= 4 is 31.8 Å². The van der Waals surface area contributed by atoms with Gasteiger partial charge in [-0.15, -0.1) is 0 Å². The van der Waals surface area contributed by atoms with Crippen LogP contribution in [0, 0.1) is 11.3 Å². The summed E-state index contributed by atoms with van der Waals surface area (Å²) in [5.41, 5.74) is 2.62. The minimum Gasteiger partial charge on any atom is -0.265 e. The fourth-order valence-electron chi connectivity index (χ4n) is 2.99. The van der Waals surface area contributed by atoms with E-state index >= 15 is 0 Å². The van der Waals surface area contributed by atoms with Crippen molar-refractivity contribution in [3.63, 3.8) is 0 Å². The van der Waals surface area contributed by atoms with Crippen LogP contribution >= 0.6 is 15.9 Å². The molecule has 0 amide bonds.